The van der Waals surface area contributed by atoms with Crippen molar-refractivity contribution in [1.29, 1.82) is 0 Å². The Balaban J connectivity index is 3.02. The van der Waals surface area contributed by atoms with Gasteiger partial charge in [-0.05, 0) is 24.0 Å². The number of benzene rings is 1. The van der Waals surface area contributed by atoms with E-state index in [4.69, 9.17) is 0 Å². The fourth-order valence-electron chi connectivity index (χ4n) is 1.33. The number of ketones is 1. The van der Waals surface area contributed by atoms with Gasteiger partial charge >= 0.3 is 0 Å². The number of hydrogen-bond acceptors (Lipinski definition) is 2. The molecule has 16 heavy (non-hydrogen) atoms. The van der Waals surface area contributed by atoms with Crippen LogP contribution in [0.2, 0.25) is 0 Å². The number of alkyl halides is 3. The molecule has 1 nitrogen and oxygen atoms in total. The topological polar surface area (TPSA) is 17.1 Å². The van der Waals surface area contributed by atoms with Gasteiger partial charge < -0.3 is 0 Å². The first-order chi connectivity index (χ1) is 7.58. The van der Waals surface area contributed by atoms with Crippen LogP contribution in [0.25, 0.3) is 0 Å². The summed E-state index contributed by atoms with van der Waals surface area (Å²) >= 11 is 4.52. The van der Waals surface area contributed by atoms with Crippen molar-refractivity contribution in [2.75, 3.05) is 11.6 Å². The molecule has 0 aliphatic rings. The monoisotopic (exact) mass is 308 g/mol. The Labute approximate surface area is 106 Å². The minimum atomic E-state index is -2.49. The van der Waals surface area contributed by atoms with E-state index in [1.165, 1.54) is 23.9 Å². The number of thioether (sulfide) groups is 1. The van der Waals surface area contributed by atoms with Gasteiger partial charge in [0.2, 0.25) is 0 Å². The van der Waals surface area contributed by atoms with E-state index >= 15 is 0 Å². The molecule has 0 radical (unpaired) electrons. The molecule has 1 aromatic rings. The van der Waals surface area contributed by atoms with E-state index in [-0.39, 0.29) is 23.1 Å². The molecule has 0 bridgehead atoms. The van der Waals surface area contributed by atoms with Gasteiger partial charge in [-0.1, -0.05) is 22.0 Å². The molecule has 0 fully saturated rings. The average molecular weight is 309 g/mol. The van der Waals surface area contributed by atoms with Crippen LogP contribution in [0.4, 0.5) is 8.78 Å². The molecule has 0 aliphatic heterocycles. The first-order valence-electron chi connectivity index (χ1n) is 4.61. The molecule has 0 unspecified atom stereocenters. The second-order valence-electron chi connectivity index (χ2n) is 3.22. The van der Waals surface area contributed by atoms with Crippen molar-refractivity contribution >= 4 is 33.5 Å². The smallest absolute Gasteiger partial charge is 0.263 e. The molecule has 1 rings (SSSR count). The number of hydrogen-bond donors (Lipinski definition) is 0. The van der Waals surface area contributed by atoms with Gasteiger partial charge in [0.1, 0.15) is 5.78 Å². The van der Waals surface area contributed by atoms with E-state index in [0.29, 0.717) is 5.56 Å². The van der Waals surface area contributed by atoms with Crippen LogP contribution in [0, 0.1) is 0 Å². The predicted molar refractivity (Wildman–Crippen MR) is 65.7 cm³/mol. The number of carbonyl (C=O) groups excluding carboxylic acids is 1. The van der Waals surface area contributed by atoms with Gasteiger partial charge in [-0.25, -0.2) is 8.78 Å². The van der Waals surface area contributed by atoms with Crippen LogP contribution in [-0.2, 0) is 11.2 Å². The van der Waals surface area contributed by atoms with Gasteiger partial charge in [-0.15, -0.1) is 11.8 Å². The first kappa shape index (κ1) is 13.6. The summed E-state index contributed by atoms with van der Waals surface area (Å²) in [6, 6.07) is 4.46. The second kappa shape index (κ2) is 6.35. The van der Waals surface area contributed by atoms with Gasteiger partial charge in [0, 0.05) is 16.9 Å². The summed E-state index contributed by atoms with van der Waals surface area (Å²) in [5.41, 5.74) is 0.643. The van der Waals surface area contributed by atoms with E-state index < -0.39 is 6.43 Å². The van der Waals surface area contributed by atoms with Crippen LogP contribution >= 0.6 is 27.7 Å². The zero-order valence-electron chi connectivity index (χ0n) is 8.67. The largest absolute Gasteiger partial charge is 0.298 e. The highest BCUT2D eigenvalue weighted by Gasteiger charge is 2.12. The fraction of sp³-hybridized carbons (Fsp3) is 0.364. The Morgan fingerprint density at radius 3 is 2.69 bits per heavy atom. The Bertz CT molecular complexity index is 382. The van der Waals surface area contributed by atoms with Crippen molar-refractivity contribution in [3.63, 3.8) is 0 Å². The standard InChI is InChI=1S/C11H11BrF2OS/c1-16-10-3-2-7(11(13)14)4-8(10)5-9(15)6-12/h2-4,11H,5-6H2,1H3. The fourth-order valence-corrected chi connectivity index (χ4v) is 2.13. The van der Waals surface area contributed by atoms with Crippen molar-refractivity contribution in [2.24, 2.45) is 0 Å². The Hall–Kier alpha value is -0.420. The SMILES string of the molecule is CSc1ccc(C(F)F)cc1CC(=O)CBr. The van der Waals surface area contributed by atoms with Crippen LogP contribution in [0.1, 0.15) is 17.6 Å². The summed E-state index contributed by atoms with van der Waals surface area (Å²) in [5, 5.41) is 0.250. The first-order valence-corrected chi connectivity index (χ1v) is 6.95. The lowest BCUT2D eigenvalue weighted by molar-refractivity contribution is -0.115. The highest BCUT2D eigenvalue weighted by molar-refractivity contribution is 9.09. The maximum Gasteiger partial charge on any atom is 0.263 e. The van der Waals surface area contributed by atoms with Gasteiger partial charge in [-0.3, -0.25) is 4.79 Å². The van der Waals surface area contributed by atoms with Crippen LogP contribution in [0.5, 0.6) is 0 Å². The van der Waals surface area contributed by atoms with Crippen LogP contribution in [0.15, 0.2) is 23.1 Å². The third kappa shape index (κ3) is 3.56. The van der Waals surface area contributed by atoms with Gasteiger partial charge in [0.05, 0.1) is 5.33 Å². The van der Waals surface area contributed by atoms with Crippen molar-refractivity contribution in [3.8, 4) is 0 Å². The lowest BCUT2D eigenvalue weighted by Gasteiger charge is -2.08. The highest BCUT2D eigenvalue weighted by Crippen LogP contribution is 2.27. The van der Waals surface area contributed by atoms with Crippen LogP contribution in [0.3, 0.4) is 0 Å². The number of carbonyl (C=O) groups is 1. The maximum atomic E-state index is 12.5. The molecule has 0 N–H and O–H groups in total. The molecule has 88 valence electrons. The maximum absolute atomic E-state index is 12.5. The lowest BCUT2D eigenvalue weighted by Crippen LogP contribution is -2.05. The highest BCUT2D eigenvalue weighted by atomic mass is 79.9. The molecule has 0 atom stereocenters. The summed E-state index contributed by atoms with van der Waals surface area (Å²) in [6.07, 6.45) is -0.435. The molecular formula is C11H11BrF2OS. The molecular weight excluding hydrogens is 298 g/mol. The van der Waals surface area contributed by atoms with Crippen LogP contribution < -0.4 is 0 Å². The molecule has 0 heterocycles. The third-order valence-electron chi connectivity index (χ3n) is 2.09. The Morgan fingerprint density at radius 1 is 1.50 bits per heavy atom. The summed E-state index contributed by atoms with van der Waals surface area (Å²) < 4.78 is 25.0. The third-order valence-corrected chi connectivity index (χ3v) is 3.56. The van der Waals surface area contributed by atoms with Gasteiger partial charge in [0.25, 0.3) is 6.43 Å². The normalized spacial score (nSPS) is 10.8. The van der Waals surface area contributed by atoms with E-state index in [2.05, 4.69) is 15.9 Å². The average Bonchev–Trinajstić information content (AvgIpc) is 2.28. The Morgan fingerprint density at radius 2 is 2.19 bits per heavy atom. The number of Topliss-reactive ketones (excluding diaryl/α,β-unsaturated/α-hetero) is 1. The number of rotatable bonds is 5. The second-order valence-corrected chi connectivity index (χ2v) is 4.63. The van der Waals surface area contributed by atoms with E-state index in [0.717, 1.165) is 4.90 Å². The summed E-state index contributed by atoms with van der Waals surface area (Å²) in [5.74, 6) is -0.0123. The Kier molecular flexibility index (Phi) is 5.41. The molecule has 0 saturated heterocycles. The quantitative estimate of drug-likeness (QED) is 0.607. The molecule has 0 amide bonds. The molecule has 0 aliphatic carbocycles. The summed E-state index contributed by atoms with van der Waals surface area (Å²) in [4.78, 5) is 12.2. The van der Waals surface area contributed by atoms with E-state index in [9.17, 15) is 13.6 Å². The van der Waals surface area contributed by atoms with E-state index in [1.54, 1.807) is 6.07 Å². The lowest BCUT2D eigenvalue weighted by atomic mass is 10.1. The number of halogens is 3. The minimum absolute atomic E-state index is 0.0123. The molecule has 0 aromatic heterocycles. The predicted octanol–water partition coefficient (Wildman–Crippen LogP) is 3.85. The zero-order chi connectivity index (χ0) is 12.1. The van der Waals surface area contributed by atoms with Crippen molar-refractivity contribution in [1.82, 2.24) is 0 Å². The summed E-state index contributed by atoms with van der Waals surface area (Å²) in [6.45, 7) is 0. The van der Waals surface area contributed by atoms with Crippen molar-refractivity contribution in [3.05, 3.63) is 29.3 Å². The minimum Gasteiger partial charge on any atom is -0.298 e. The van der Waals surface area contributed by atoms with Crippen molar-refractivity contribution in [2.45, 2.75) is 17.7 Å². The molecule has 1 aromatic carbocycles. The van der Waals surface area contributed by atoms with Crippen LogP contribution in [-0.4, -0.2) is 17.4 Å². The van der Waals surface area contributed by atoms with E-state index in [1.807, 2.05) is 6.26 Å². The van der Waals surface area contributed by atoms with Crippen molar-refractivity contribution < 1.29 is 13.6 Å². The van der Waals surface area contributed by atoms with Gasteiger partial charge in [-0.2, -0.15) is 0 Å². The molecule has 0 saturated carbocycles. The molecule has 5 heteroatoms. The summed E-state index contributed by atoms with van der Waals surface area (Å²) in [7, 11) is 0. The molecule has 0 spiro atoms. The zero-order valence-corrected chi connectivity index (χ0v) is 11.1. The van der Waals surface area contributed by atoms with Gasteiger partial charge in [0.15, 0.2) is 0 Å².